The Bertz CT molecular complexity index is 590. The molecule has 0 bridgehead atoms. The summed E-state index contributed by atoms with van der Waals surface area (Å²) in [4.78, 5) is 14.4. The van der Waals surface area contributed by atoms with Crippen LogP contribution in [0.4, 0.5) is 0 Å². The van der Waals surface area contributed by atoms with Crippen molar-refractivity contribution in [1.82, 2.24) is 4.98 Å². The number of aromatic amines is 1. The first kappa shape index (κ1) is 14.2. The van der Waals surface area contributed by atoms with Crippen LogP contribution in [0.1, 0.15) is 6.92 Å². The van der Waals surface area contributed by atoms with E-state index in [1.807, 2.05) is 18.2 Å². The third-order valence-corrected chi connectivity index (χ3v) is 2.63. The lowest BCUT2D eigenvalue weighted by Gasteiger charge is -2.06. The van der Waals surface area contributed by atoms with Crippen molar-refractivity contribution in [1.29, 1.82) is 0 Å². The van der Waals surface area contributed by atoms with Crippen LogP contribution < -0.4 is 9.47 Å². The number of carbonyl (C=O) groups is 1. The van der Waals surface area contributed by atoms with Gasteiger partial charge >= 0.3 is 5.97 Å². The van der Waals surface area contributed by atoms with E-state index in [1.54, 1.807) is 20.1 Å². The normalized spacial score (nSPS) is 12.2. The van der Waals surface area contributed by atoms with Gasteiger partial charge in [0.25, 0.3) is 0 Å². The number of methoxy groups -OCH3 is 1. The molecule has 0 saturated heterocycles. The highest BCUT2D eigenvalue weighted by Gasteiger charge is 2.08. The second-order valence-corrected chi connectivity index (χ2v) is 4.41. The number of rotatable bonds is 6. The van der Waals surface area contributed by atoms with E-state index in [-0.39, 0.29) is 13.2 Å². The maximum atomic E-state index is 11.3. The maximum absolute atomic E-state index is 11.3. The predicted molar refractivity (Wildman–Crippen MR) is 73.0 cm³/mol. The van der Waals surface area contributed by atoms with Gasteiger partial charge in [0.2, 0.25) is 0 Å². The molecule has 1 aromatic heterocycles. The van der Waals surface area contributed by atoms with Crippen molar-refractivity contribution < 1.29 is 24.1 Å². The van der Waals surface area contributed by atoms with E-state index < -0.39 is 12.1 Å². The highest BCUT2D eigenvalue weighted by Crippen LogP contribution is 2.24. The fourth-order valence-electron chi connectivity index (χ4n) is 1.68. The summed E-state index contributed by atoms with van der Waals surface area (Å²) >= 11 is 0. The second-order valence-electron chi connectivity index (χ2n) is 4.41. The zero-order valence-corrected chi connectivity index (χ0v) is 11.4. The van der Waals surface area contributed by atoms with E-state index in [2.05, 4.69) is 4.98 Å². The molecule has 0 aliphatic heterocycles. The quantitative estimate of drug-likeness (QED) is 0.783. The maximum Gasteiger partial charge on any atom is 0.344 e. The molecule has 2 aromatic rings. The van der Waals surface area contributed by atoms with Gasteiger partial charge in [-0.1, -0.05) is 0 Å². The average Bonchev–Trinajstić information content (AvgIpc) is 2.84. The largest absolute Gasteiger partial charge is 0.497 e. The van der Waals surface area contributed by atoms with E-state index in [1.165, 1.54) is 0 Å². The van der Waals surface area contributed by atoms with Gasteiger partial charge in [0.15, 0.2) is 12.5 Å². The fraction of sp³-hybridized carbons (Fsp3) is 0.357. The topological polar surface area (TPSA) is 80.8 Å². The van der Waals surface area contributed by atoms with Crippen molar-refractivity contribution >= 4 is 16.9 Å². The molecule has 0 aliphatic carbocycles. The Morgan fingerprint density at radius 1 is 1.40 bits per heavy atom. The molecule has 0 amide bonds. The third kappa shape index (κ3) is 3.64. The van der Waals surface area contributed by atoms with Crippen molar-refractivity contribution in [2.24, 2.45) is 0 Å². The van der Waals surface area contributed by atoms with Crippen LogP contribution in [0.2, 0.25) is 0 Å². The van der Waals surface area contributed by atoms with Crippen LogP contribution in [-0.2, 0) is 9.53 Å². The van der Waals surface area contributed by atoms with Crippen LogP contribution in [-0.4, -0.2) is 42.5 Å². The number of fused-ring (bicyclic) bond motifs is 1. The molecule has 0 fully saturated rings. The zero-order valence-electron chi connectivity index (χ0n) is 11.4. The second kappa shape index (κ2) is 6.29. The van der Waals surface area contributed by atoms with Gasteiger partial charge in [0.1, 0.15) is 12.4 Å². The first-order valence-electron chi connectivity index (χ1n) is 6.21. The molecule has 0 aliphatic rings. The molecular formula is C14H17NO5. The highest BCUT2D eigenvalue weighted by atomic mass is 16.6. The molecular weight excluding hydrogens is 262 g/mol. The van der Waals surface area contributed by atoms with Crippen LogP contribution in [0, 0.1) is 0 Å². The number of aliphatic hydroxyl groups excluding tert-OH is 1. The Kier molecular flexibility index (Phi) is 4.47. The van der Waals surface area contributed by atoms with Crippen LogP contribution >= 0.6 is 0 Å². The van der Waals surface area contributed by atoms with E-state index in [0.29, 0.717) is 5.88 Å². The van der Waals surface area contributed by atoms with Crippen LogP contribution in [0.3, 0.4) is 0 Å². The summed E-state index contributed by atoms with van der Waals surface area (Å²) in [5.41, 5.74) is 0.887. The highest BCUT2D eigenvalue weighted by molar-refractivity contribution is 5.83. The molecule has 0 saturated carbocycles. The van der Waals surface area contributed by atoms with E-state index in [9.17, 15) is 4.79 Å². The minimum absolute atomic E-state index is 0.0356. The lowest BCUT2D eigenvalue weighted by Crippen LogP contribution is -2.20. The number of ether oxygens (including phenoxy) is 3. The van der Waals surface area contributed by atoms with E-state index in [4.69, 9.17) is 19.3 Å². The molecule has 1 atom stereocenters. The Labute approximate surface area is 116 Å². The van der Waals surface area contributed by atoms with Gasteiger partial charge in [0.05, 0.1) is 13.2 Å². The zero-order chi connectivity index (χ0) is 14.5. The lowest BCUT2D eigenvalue weighted by molar-refractivity contribution is -0.148. The van der Waals surface area contributed by atoms with Gasteiger partial charge in [-0.25, -0.2) is 4.79 Å². The van der Waals surface area contributed by atoms with E-state index >= 15 is 0 Å². The van der Waals surface area contributed by atoms with Crippen LogP contribution in [0.5, 0.6) is 11.6 Å². The first-order chi connectivity index (χ1) is 9.58. The Balaban J connectivity index is 1.94. The molecule has 1 unspecified atom stereocenters. The predicted octanol–water partition coefficient (Wildman–Crippen LogP) is 1.48. The number of esters is 1. The number of H-pyrrole nitrogens is 1. The van der Waals surface area contributed by atoms with Gasteiger partial charge in [-0.05, 0) is 25.1 Å². The number of hydrogen-bond acceptors (Lipinski definition) is 5. The van der Waals surface area contributed by atoms with Crippen LogP contribution in [0.15, 0.2) is 24.3 Å². The number of hydrogen-bond donors (Lipinski definition) is 2. The summed E-state index contributed by atoms with van der Waals surface area (Å²) in [5, 5.41) is 9.92. The van der Waals surface area contributed by atoms with Crippen molar-refractivity contribution in [2.45, 2.75) is 13.0 Å². The molecule has 2 N–H and O–H groups in total. The standard InChI is InChI=1S/C14H17NO5/c1-9(16)7-20-14(17)8-19-13-6-10-5-11(18-2)3-4-12(10)15-13/h3-6,9,15-16H,7-8H2,1-2H3. The minimum Gasteiger partial charge on any atom is -0.497 e. The number of carbonyl (C=O) groups excluding carboxylic acids is 1. The van der Waals surface area contributed by atoms with Crippen molar-refractivity contribution in [3.8, 4) is 11.6 Å². The SMILES string of the molecule is COc1ccc2[nH]c(OCC(=O)OCC(C)O)cc2c1. The summed E-state index contributed by atoms with van der Waals surface area (Å²) in [5.74, 6) is 0.698. The number of aliphatic hydroxyl groups is 1. The van der Waals surface area contributed by atoms with Crippen molar-refractivity contribution in [3.05, 3.63) is 24.3 Å². The van der Waals surface area contributed by atoms with E-state index in [0.717, 1.165) is 16.7 Å². The minimum atomic E-state index is -0.681. The van der Waals surface area contributed by atoms with Crippen LogP contribution in [0.25, 0.3) is 10.9 Å². The lowest BCUT2D eigenvalue weighted by atomic mass is 10.2. The Hall–Kier alpha value is -2.21. The van der Waals surface area contributed by atoms with Gasteiger partial charge in [-0.2, -0.15) is 0 Å². The van der Waals surface area contributed by atoms with Gasteiger partial charge < -0.3 is 24.3 Å². The molecule has 1 heterocycles. The molecule has 0 radical (unpaired) electrons. The first-order valence-corrected chi connectivity index (χ1v) is 6.21. The molecule has 0 spiro atoms. The molecule has 6 nitrogen and oxygen atoms in total. The van der Waals surface area contributed by atoms with Gasteiger partial charge in [0, 0.05) is 17.0 Å². The van der Waals surface area contributed by atoms with Crippen molar-refractivity contribution in [3.63, 3.8) is 0 Å². The molecule has 108 valence electrons. The van der Waals surface area contributed by atoms with Crippen molar-refractivity contribution in [2.75, 3.05) is 20.3 Å². The average molecular weight is 279 g/mol. The molecule has 1 aromatic carbocycles. The number of aromatic nitrogens is 1. The Morgan fingerprint density at radius 3 is 2.90 bits per heavy atom. The molecule has 2 rings (SSSR count). The summed E-state index contributed by atoms with van der Waals surface area (Å²) in [6.07, 6.45) is -0.681. The smallest absolute Gasteiger partial charge is 0.344 e. The molecule has 6 heteroatoms. The number of nitrogens with one attached hydrogen (secondary N) is 1. The summed E-state index contributed by atoms with van der Waals surface area (Å²) in [7, 11) is 1.60. The summed E-state index contributed by atoms with van der Waals surface area (Å²) in [6, 6.07) is 7.34. The monoisotopic (exact) mass is 279 g/mol. The Morgan fingerprint density at radius 2 is 2.20 bits per heavy atom. The summed E-state index contributed by atoms with van der Waals surface area (Å²) in [6.45, 7) is 1.29. The van der Waals surface area contributed by atoms with Gasteiger partial charge in [-0.3, -0.25) is 0 Å². The third-order valence-electron chi connectivity index (χ3n) is 2.63. The fourth-order valence-corrected chi connectivity index (χ4v) is 1.68. The van der Waals surface area contributed by atoms with Gasteiger partial charge in [-0.15, -0.1) is 0 Å². The molecule has 20 heavy (non-hydrogen) atoms. The summed E-state index contributed by atoms with van der Waals surface area (Å²) < 4.78 is 15.2. The number of benzene rings is 1.